The average molecular weight is 431 g/mol. The van der Waals surface area contributed by atoms with Gasteiger partial charge in [-0.05, 0) is 49.1 Å². The molecule has 1 heterocycles. The van der Waals surface area contributed by atoms with Crippen LogP contribution in [0, 0.1) is 5.41 Å². The monoisotopic (exact) mass is 430 g/mol. The number of hydrogen-bond acceptors (Lipinski definition) is 3. The van der Waals surface area contributed by atoms with Crippen molar-refractivity contribution in [2.24, 2.45) is 5.41 Å². The van der Waals surface area contributed by atoms with E-state index in [0.29, 0.717) is 23.7 Å². The smallest absolute Gasteiger partial charge is 0.222 e. The normalized spacial score (nSPS) is 31.4. The van der Waals surface area contributed by atoms with E-state index >= 15 is 0 Å². The van der Waals surface area contributed by atoms with Gasteiger partial charge in [-0.1, -0.05) is 45.0 Å². The summed E-state index contributed by atoms with van der Waals surface area (Å²) in [6, 6.07) is 9.16. The van der Waals surface area contributed by atoms with Crippen molar-refractivity contribution >= 4 is 17.3 Å². The highest BCUT2D eigenvalue weighted by Crippen LogP contribution is 2.54. The van der Waals surface area contributed by atoms with E-state index in [4.69, 9.17) is 0 Å². The summed E-state index contributed by atoms with van der Waals surface area (Å²) in [4.78, 5) is 13.9. The van der Waals surface area contributed by atoms with Crippen LogP contribution in [0.2, 0.25) is 0 Å². The zero-order valence-electron chi connectivity index (χ0n) is 19.3. The molecule has 2 atom stereocenters. The first kappa shape index (κ1) is 22.2. The van der Waals surface area contributed by atoms with E-state index in [0.717, 1.165) is 25.9 Å². The summed E-state index contributed by atoms with van der Waals surface area (Å²) in [6.07, 6.45) is 6.00. The number of carbonyl (C=O) groups is 1. The van der Waals surface area contributed by atoms with E-state index in [1.54, 1.807) is 0 Å². The van der Waals surface area contributed by atoms with E-state index in [1.165, 1.54) is 30.4 Å². The largest absolute Gasteiger partial charge is 0.598 e. The van der Waals surface area contributed by atoms with Crippen LogP contribution in [0.1, 0.15) is 89.2 Å². The van der Waals surface area contributed by atoms with Gasteiger partial charge >= 0.3 is 0 Å². The maximum atomic E-state index is 13.1. The molecule has 166 valence electrons. The first-order valence-electron chi connectivity index (χ1n) is 11.7. The van der Waals surface area contributed by atoms with Crippen molar-refractivity contribution in [3.8, 4) is 0 Å². The van der Waals surface area contributed by atoms with Crippen molar-refractivity contribution in [3.05, 3.63) is 35.4 Å². The van der Waals surface area contributed by atoms with Gasteiger partial charge < -0.3 is 9.45 Å². The molecular weight excluding hydrogens is 392 g/mol. The molecule has 1 saturated heterocycles. The van der Waals surface area contributed by atoms with Gasteiger partial charge in [-0.3, -0.25) is 4.79 Å². The quantitative estimate of drug-likeness (QED) is 0.607. The van der Waals surface area contributed by atoms with E-state index in [2.05, 4.69) is 49.3 Å². The second-order valence-electron chi connectivity index (χ2n) is 10.7. The molecule has 3 fully saturated rings. The lowest BCUT2D eigenvalue weighted by Crippen LogP contribution is -2.65. The van der Waals surface area contributed by atoms with E-state index in [9.17, 15) is 9.35 Å². The summed E-state index contributed by atoms with van der Waals surface area (Å²) < 4.78 is 15.3. The van der Waals surface area contributed by atoms with Gasteiger partial charge in [-0.2, -0.15) is 0 Å². The maximum Gasteiger partial charge on any atom is 0.222 e. The Morgan fingerprint density at radius 2 is 2.00 bits per heavy atom. The second-order valence-corrected chi connectivity index (χ2v) is 12.4. The number of rotatable bonds is 6. The fourth-order valence-corrected chi connectivity index (χ4v) is 8.09. The van der Waals surface area contributed by atoms with Crippen LogP contribution in [0.15, 0.2) is 24.3 Å². The Hall–Kier alpha value is -1.04. The van der Waals surface area contributed by atoms with Crippen LogP contribution in [0.5, 0.6) is 0 Å². The topological polar surface area (TPSA) is 46.6 Å². The average Bonchev–Trinajstić information content (AvgIpc) is 3.14. The fourth-order valence-electron chi connectivity index (χ4n) is 5.87. The molecule has 5 heteroatoms. The molecule has 3 aliphatic rings. The minimum absolute atomic E-state index is 0.115. The van der Waals surface area contributed by atoms with Gasteiger partial charge in [0.05, 0.1) is 13.1 Å². The Morgan fingerprint density at radius 1 is 1.30 bits per heavy atom. The molecule has 30 heavy (non-hydrogen) atoms. The third-order valence-corrected chi connectivity index (χ3v) is 9.81. The third-order valence-electron chi connectivity index (χ3n) is 8.14. The molecule has 0 aromatic heterocycles. The summed E-state index contributed by atoms with van der Waals surface area (Å²) in [5, 5.41) is 0.208. The lowest BCUT2D eigenvalue weighted by molar-refractivity contribution is -0.137. The van der Waals surface area contributed by atoms with Crippen LogP contribution in [-0.4, -0.2) is 50.6 Å². The molecule has 2 aliphatic carbocycles. The minimum atomic E-state index is -0.907. The number of nitrogens with zero attached hydrogens (tertiary/aromatic N) is 2. The van der Waals surface area contributed by atoms with Gasteiger partial charge in [-0.25, -0.2) is 0 Å². The molecule has 1 spiro atoms. The van der Waals surface area contributed by atoms with Crippen LogP contribution >= 0.6 is 0 Å². The molecule has 1 aromatic carbocycles. The maximum absolute atomic E-state index is 13.1. The number of benzene rings is 1. The fraction of sp³-hybridized carbons (Fsp3) is 0.720. The lowest BCUT2D eigenvalue weighted by Gasteiger charge is -2.54. The molecule has 0 N–H and O–H groups in total. The molecule has 4 rings (SSSR count). The second kappa shape index (κ2) is 8.14. The standard InChI is InChI=1S/C25H38N2O2S/c1-6-23(28)26(5)24(4)14-22(15-24)30(29)27-16-25(17-27)11-10-21(13-25)20-9-7-8-19(12-20)18(2)3/h7-9,12,18,21-22H,6,10-11,13-17H2,1-5H3/t21?,22-,24+,30?. The van der Waals surface area contributed by atoms with Gasteiger partial charge in [0.2, 0.25) is 5.91 Å². The highest BCUT2D eigenvalue weighted by Gasteiger charge is 2.57. The highest BCUT2D eigenvalue weighted by atomic mass is 32.2. The molecule has 1 aromatic rings. The summed E-state index contributed by atoms with van der Waals surface area (Å²) in [6.45, 7) is 10.5. The number of carbonyl (C=O) groups excluding carboxylic acids is 1. The predicted octanol–water partition coefficient (Wildman–Crippen LogP) is 4.83. The minimum Gasteiger partial charge on any atom is -0.598 e. The number of hydrogen-bond donors (Lipinski definition) is 0. The molecular formula is C25H38N2O2S. The summed E-state index contributed by atoms with van der Waals surface area (Å²) in [7, 11) is 1.90. The van der Waals surface area contributed by atoms with Crippen LogP contribution in [-0.2, 0) is 16.2 Å². The zero-order valence-corrected chi connectivity index (χ0v) is 20.1. The summed E-state index contributed by atoms with van der Waals surface area (Å²) in [5.74, 6) is 1.41. The Morgan fingerprint density at radius 3 is 2.63 bits per heavy atom. The van der Waals surface area contributed by atoms with Crippen LogP contribution < -0.4 is 0 Å². The van der Waals surface area contributed by atoms with Crippen molar-refractivity contribution in [1.82, 2.24) is 9.21 Å². The first-order valence-corrected chi connectivity index (χ1v) is 12.9. The third kappa shape index (κ3) is 3.93. The van der Waals surface area contributed by atoms with Crippen LogP contribution in [0.3, 0.4) is 0 Å². The summed E-state index contributed by atoms with van der Waals surface area (Å²) >= 11 is -0.907. The van der Waals surface area contributed by atoms with E-state index < -0.39 is 11.4 Å². The van der Waals surface area contributed by atoms with Gasteiger partial charge in [0, 0.05) is 48.6 Å². The van der Waals surface area contributed by atoms with Crippen molar-refractivity contribution in [1.29, 1.82) is 0 Å². The Kier molecular flexibility index (Phi) is 6.02. The molecule has 0 bridgehead atoms. The zero-order chi connectivity index (χ0) is 21.7. The SMILES string of the molecule is CCC(=O)N(C)[C@]1(C)C[C@H]([S+]([O-])N2CC3(CCC(c4cccc(C(C)C)c4)C3)C2)C1. The van der Waals surface area contributed by atoms with Crippen LogP contribution in [0.25, 0.3) is 0 Å². The number of amides is 1. The molecule has 4 nitrogen and oxygen atoms in total. The lowest BCUT2D eigenvalue weighted by atomic mass is 9.76. The predicted molar refractivity (Wildman–Crippen MR) is 124 cm³/mol. The first-order chi connectivity index (χ1) is 14.2. The van der Waals surface area contributed by atoms with Crippen molar-refractivity contribution < 1.29 is 9.35 Å². The highest BCUT2D eigenvalue weighted by molar-refractivity contribution is 7.89. The molecule has 0 radical (unpaired) electrons. The molecule has 1 amide bonds. The van der Waals surface area contributed by atoms with Gasteiger partial charge in [-0.15, -0.1) is 4.31 Å². The van der Waals surface area contributed by atoms with Crippen molar-refractivity contribution in [2.45, 2.75) is 88.8 Å². The van der Waals surface area contributed by atoms with Crippen molar-refractivity contribution in [2.75, 3.05) is 20.1 Å². The molecule has 1 aliphatic heterocycles. The van der Waals surface area contributed by atoms with E-state index in [-0.39, 0.29) is 16.7 Å². The molecule has 2 unspecified atom stereocenters. The van der Waals surface area contributed by atoms with Gasteiger partial charge in [0.15, 0.2) is 0 Å². The Balaban J connectivity index is 1.29. The molecule has 2 saturated carbocycles. The van der Waals surface area contributed by atoms with Gasteiger partial charge in [0.25, 0.3) is 0 Å². The van der Waals surface area contributed by atoms with E-state index in [1.807, 2.05) is 18.9 Å². The Bertz CT molecular complexity index is 783. The van der Waals surface area contributed by atoms with Crippen molar-refractivity contribution in [3.63, 3.8) is 0 Å². The van der Waals surface area contributed by atoms with Gasteiger partial charge in [0.1, 0.15) is 5.25 Å². The Labute approximate surface area is 185 Å². The summed E-state index contributed by atoms with van der Waals surface area (Å²) in [5.41, 5.74) is 3.19. The van der Waals surface area contributed by atoms with Crippen LogP contribution in [0.4, 0.5) is 0 Å².